The number of amides is 1. The van der Waals surface area contributed by atoms with Gasteiger partial charge in [0.15, 0.2) is 0 Å². The summed E-state index contributed by atoms with van der Waals surface area (Å²) < 4.78 is 5.32. The lowest BCUT2D eigenvalue weighted by Crippen LogP contribution is -2.30. The van der Waals surface area contributed by atoms with E-state index in [1.54, 1.807) is 7.11 Å². The van der Waals surface area contributed by atoms with Gasteiger partial charge >= 0.3 is 0 Å². The van der Waals surface area contributed by atoms with E-state index in [0.29, 0.717) is 5.91 Å². The van der Waals surface area contributed by atoms with Gasteiger partial charge in [0.1, 0.15) is 5.75 Å². The topological polar surface area (TPSA) is 29.5 Å². The molecular formula is C19H27NO2. The quantitative estimate of drug-likeness (QED) is 0.810. The summed E-state index contributed by atoms with van der Waals surface area (Å²) >= 11 is 0. The van der Waals surface area contributed by atoms with Crippen molar-refractivity contribution < 1.29 is 9.53 Å². The normalized spacial score (nSPS) is 22.2. The van der Waals surface area contributed by atoms with E-state index in [1.807, 2.05) is 12.1 Å². The van der Waals surface area contributed by atoms with Crippen molar-refractivity contribution in [3.05, 3.63) is 29.8 Å². The fraction of sp³-hybridized carbons (Fsp3) is 0.632. The third-order valence-corrected chi connectivity index (χ3v) is 5.29. The highest BCUT2D eigenvalue weighted by Gasteiger charge is 2.30. The average molecular weight is 301 g/mol. The molecule has 0 radical (unpaired) electrons. The van der Waals surface area contributed by atoms with Gasteiger partial charge < -0.3 is 9.64 Å². The minimum absolute atomic E-state index is 0.242. The molecule has 3 nitrogen and oxygen atoms in total. The Hall–Kier alpha value is -1.51. The molecule has 1 unspecified atom stereocenters. The molecule has 0 aromatic heterocycles. The summed E-state index contributed by atoms with van der Waals surface area (Å²) in [6.45, 7) is 0.908. The molecule has 0 bridgehead atoms. The van der Waals surface area contributed by atoms with Crippen LogP contribution in [-0.2, 0) is 4.79 Å². The molecule has 1 aromatic rings. The number of hydrogen-bond donors (Lipinski definition) is 0. The Balaban J connectivity index is 1.62. The van der Waals surface area contributed by atoms with Crippen molar-refractivity contribution in [2.75, 3.05) is 13.7 Å². The lowest BCUT2D eigenvalue weighted by molar-refractivity contribution is -0.132. The predicted molar refractivity (Wildman–Crippen MR) is 87.9 cm³/mol. The van der Waals surface area contributed by atoms with Crippen molar-refractivity contribution in [3.63, 3.8) is 0 Å². The standard InChI is InChI=1S/C19H27NO2/c1-22-17-9-4-8-16(14-17)18-10-5-13-20(18)19(21)12-11-15-6-2-3-7-15/h4,8-9,14-15,18H,2-3,5-7,10-13H2,1H3. The summed E-state index contributed by atoms with van der Waals surface area (Å²) in [5.74, 6) is 2.02. The van der Waals surface area contributed by atoms with Gasteiger partial charge in [-0.15, -0.1) is 0 Å². The highest BCUT2D eigenvalue weighted by Crippen LogP contribution is 2.35. The van der Waals surface area contributed by atoms with Crippen LogP contribution >= 0.6 is 0 Å². The monoisotopic (exact) mass is 301 g/mol. The van der Waals surface area contributed by atoms with Crippen LogP contribution in [0.1, 0.15) is 63.0 Å². The number of benzene rings is 1. The fourth-order valence-corrected chi connectivity index (χ4v) is 4.03. The van der Waals surface area contributed by atoms with E-state index in [0.717, 1.165) is 43.9 Å². The van der Waals surface area contributed by atoms with Crippen molar-refractivity contribution in [3.8, 4) is 5.75 Å². The number of ether oxygens (including phenoxy) is 1. The first-order valence-electron chi connectivity index (χ1n) is 8.71. The number of carbonyl (C=O) groups excluding carboxylic acids is 1. The Morgan fingerprint density at radius 2 is 2.05 bits per heavy atom. The second-order valence-corrected chi connectivity index (χ2v) is 6.71. The molecule has 0 spiro atoms. The van der Waals surface area contributed by atoms with Crippen LogP contribution in [0.3, 0.4) is 0 Å². The second kappa shape index (κ2) is 7.17. The summed E-state index contributed by atoms with van der Waals surface area (Å²) in [4.78, 5) is 14.7. The minimum Gasteiger partial charge on any atom is -0.497 e. The molecule has 3 heteroatoms. The molecule has 1 aliphatic heterocycles. The minimum atomic E-state index is 0.242. The van der Waals surface area contributed by atoms with E-state index in [9.17, 15) is 4.79 Å². The molecule has 3 rings (SSSR count). The van der Waals surface area contributed by atoms with E-state index in [4.69, 9.17) is 4.74 Å². The largest absolute Gasteiger partial charge is 0.497 e. The summed E-state index contributed by atoms with van der Waals surface area (Å²) in [7, 11) is 1.69. The molecule has 1 heterocycles. The number of nitrogens with zero attached hydrogens (tertiary/aromatic N) is 1. The van der Waals surface area contributed by atoms with E-state index in [-0.39, 0.29) is 6.04 Å². The zero-order valence-electron chi connectivity index (χ0n) is 13.6. The predicted octanol–water partition coefficient (Wildman–Crippen LogP) is 4.33. The Kier molecular flexibility index (Phi) is 5.01. The molecule has 1 aromatic carbocycles. The second-order valence-electron chi connectivity index (χ2n) is 6.71. The number of methoxy groups -OCH3 is 1. The first-order valence-corrected chi connectivity index (χ1v) is 8.71. The molecule has 2 aliphatic rings. The van der Waals surface area contributed by atoms with Crippen molar-refractivity contribution in [1.82, 2.24) is 4.90 Å². The molecule has 1 saturated heterocycles. The molecule has 1 saturated carbocycles. The average Bonchev–Trinajstić information content (AvgIpc) is 3.24. The van der Waals surface area contributed by atoms with Crippen LogP contribution in [0, 0.1) is 5.92 Å². The summed E-state index contributed by atoms with van der Waals surface area (Å²) in [6.07, 6.45) is 9.36. The van der Waals surface area contributed by atoms with Gasteiger partial charge in [-0.25, -0.2) is 0 Å². The zero-order valence-corrected chi connectivity index (χ0v) is 13.6. The van der Waals surface area contributed by atoms with Crippen LogP contribution in [0.2, 0.25) is 0 Å². The van der Waals surface area contributed by atoms with Crippen LogP contribution in [-0.4, -0.2) is 24.5 Å². The highest BCUT2D eigenvalue weighted by molar-refractivity contribution is 5.77. The molecule has 1 aliphatic carbocycles. The van der Waals surface area contributed by atoms with Crippen LogP contribution in [0.4, 0.5) is 0 Å². The van der Waals surface area contributed by atoms with E-state index < -0.39 is 0 Å². The van der Waals surface area contributed by atoms with Gasteiger partial charge in [0, 0.05) is 13.0 Å². The van der Waals surface area contributed by atoms with Gasteiger partial charge in [0.25, 0.3) is 0 Å². The smallest absolute Gasteiger partial charge is 0.223 e. The first-order chi connectivity index (χ1) is 10.8. The lowest BCUT2D eigenvalue weighted by atomic mass is 10.0. The lowest BCUT2D eigenvalue weighted by Gasteiger charge is -2.26. The van der Waals surface area contributed by atoms with Crippen LogP contribution in [0.5, 0.6) is 5.75 Å². The Labute approximate surface area is 133 Å². The molecule has 120 valence electrons. The molecule has 2 fully saturated rings. The molecule has 1 amide bonds. The third kappa shape index (κ3) is 3.45. The van der Waals surface area contributed by atoms with E-state index in [1.165, 1.54) is 31.2 Å². The Morgan fingerprint density at radius 1 is 1.23 bits per heavy atom. The van der Waals surface area contributed by atoms with E-state index >= 15 is 0 Å². The van der Waals surface area contributed by atoms with Crippen molar-refractivity contribution >= 4 is 5.91 Å². The van der Waals surface area contributed by atoms with Crippen molar-refractivity contribution in [2.24, 2.45) is 5.92 Å². The Bertz CT molecular complexity index is 508. The maximum Gasteiger partial charge on any atom is 0.223 e. The van der Waals surface area contributed by atoms with Gasteiger partial charge in [-0.05, 0) is 42.9 Å². The summed E-state index contributed by atoms with van der Waals surface area (Å²) in [6, 6.07) is 8.42. The zero-order chi connectivity index (χ0) is 15.4. The number of hydrogen-bond acceptors (Lipinski definition) is 2. The molecular weight excluding hydrogens is 274 g/mol. The van der Waals surface area contributed by atoms with Crippen LogP contribution in [0.15, 0.2) is 24.3 Å². The van der Waals surface area contributed by atoms with Gasteiger partial charge in [0.2, 0.25) is 5.91 Å². The Morgan fingerprint density at radius 3 is 2.82 bits per heavy atom. The fourth-order valence-electron chi connectivity index (χ4n) is 4.03. The first kappa shape index (κ1) is 15.4. The molecule has 22 heavy (non-hydrogen) atoms. The molecule has 1 atom stereocenters. The van der Waals surface area contributed by atoms with Gasteiger partial charge in [-0.2, -0.15) is 0 Å². The summed E-state index contributed by atoms with van der Waals surface area (Å²) in [5, 5.41) is 0. The summed E-state index contributed by atoms with van der Waals surface area (Å²) in [5.41, 5.74) is 1.21. The number of likely N-dealkylation sites (tertiary alicyclic amines) is 1. The highest BCUT2D eigenvalue weighted by atomic mass is 16.5. The SMILES string of the molecule is COc1cccc(C2CCCN2C(=O)CCC2CCCC2)c1. The third-order valence-electron chi connectivity index (χ3n) is 5.29. The van der Waals surface area contributed by atoms with Gasteiger partial charge in [0.05, 0.1) is 13.2 Å². The van der Waals surface area contributed by atoms with Gasteiger partial charge in [-0.1, -0.05) is 37.8 Å². The van der Waals surface area contributed by atoms with E-state index in [2.05, 4.69) is 17.0 Å². The maximum absolute atomic E-state index is 12.6. The number of carbonyl (C=O) groups is 1. The number of rotatable bonds is 5. The van der Waals surface area contributed by atoms with Crippen LogP contribution < -0.4 is 4.74 Å². The van der Waals surface area contributed by atoms with Gasteiger partial charge in [-0.3, -0.25) is 4.79 Å². The van der Waals surface area contributed by atoms with Crippen molar-refractivity contribution in [1.29, 1.82) is 0 Å². The molecule has 0 N–H and O–H groups in total. The maximum atomic E-state index is 12.6. The van der Waals surface area contributed by atoms with Crippen LogP contribution in [0.25, 0.3) is 0 Å². The van der Waals surface area contributed by atoms with Crippen molar-refractivity contribution in [2.45, 2.75) is 57.4 Å².